The number of hydrogen-bond donors (Lipinski definition) is 0. The Hall–Kier alpha value is -10.6. The van der Waals surface area contributed by atoms with E-state index in [0.717, 1.165) is 107 Å². The van der Waals surface area contributed by atoms with Crippen LogP contribution in [-0.2, 0) is 0 Å². The third-order valence-electron chi connectivity index (χ3n) is 15.4. The standard InChI is InChI=1S/C74H49N5/c1-8-26-50(27-9-1)67-59-40-22-24-42-61(59)72(62-43-25-23-41-60(62)67)79-65-46-44-55(73-75-68(51-28-10-2-11-29-51)70(53-32-14-4-15-33-53)77(73)57-36-18-6-19-37-57)48-63(65)64-49-56(45-47-66(64)79)74-76-69(52-30-12-3-13-31-52)71(54-34-16-5-17-35-54)78(74)58-38-20-7-21-39-58/h1-49H. The van der Waals surface area contributed by atoms with Crippen LogP contribution in [0.5, 0.6) is 0 Å². The van der Waals surface area contributed by atoms with Gasteiger partial charge in [0.25, 0.3) is 0 Å². The van der Waals surface area contributed by atoms with Crippen molar-refractivity contribution in [1.82, 2.24) is 23.7 Å². The van der Waals surface area contributed by atoms with Crippen LogP contribution in [0.25, 0.3) is 139 Å². The highest BCUT2D eigenvalue weighted by molar-refractivity contribution is 6.21. The molecule has 0 aliphatic rings. The van der Waals surface area contributed by atoms with Crippen molar-refractivity contribution in [3.8, 4) is 96.0 Å². The van der Waals surface area contributed by atoms with Gasteiger partial charge >= 0.3 is 0 Å². The largest absolute Gasteiger partial charge is 0.308 e. The minimum absolute atomic E-state index is 0.852. The molecule has 0 radical (unpaired) electrons. The molecule has 0 saturated heterocycles. The van der Waals surface area contributed by atoms with E-state index < -0.39 is 0 Å². The fourth-order valence-electron chi connectivity index (χ4n) is 12.0. The van der Waals surface area contributed by atoms with Crippen molar-refractivity contribution in [2.45, 2.75) is 0 Å². The lowest BCUT2D eigenvalue weighted by atomic mass is 9.90. The maximum Gasteiger partial charge on any atom is 0.145 e. The first kappa shape index (κ1) is 45.7. The lowest BCUT2D eigenvalue weighted by Crippen LogP contribution is -2.01. The summed E-state index contributed by atoms with van der Waals surface area (Å²) in [5.74, 6) is 1.70. The maximum atomic E-state index is 5.70. The Kier molecular flexibility index (Phi) is 11.1. The highest BCUT2D eigenvalue weighted by Crippen LogP contribution is 2.47. The third kappa shape index (κ3) is 7.70. The molecule has 0 amide bonds. The molecule has 5 nitrogen and oxygen atoms in total. The molecule has 0 aliphatic heterocycles. The van der Waals surface area contributed by atoms with Crippen LogP contribution in [0.4, 0.5) is 0 Å². The van der Waals surface area contributed by atoms with Crippen LogP contribution in [0.3, 0.4) is 0 Å². The minimum atomic E-state index is 0.852. The van der Waals surface area contributed by atoms with Crippen LogP contribution in [0.15, 0.2) is 297 Å². The number of fused-ring (bicyclic) bond motifs is 5. The molecule has 3 aromatic heterocycles. The molecule has 0 aliphatic carbocycles. The predicted molar refractivity (Wildman–Crippen MR) is 328 cm³/mol. The topological polar surface area (TPSA) is 40.6 Å². The molecule has 0 bridgehead atoms. The quantitative estimate of drug-likeness (QED) is 0.128. The predicted octanol–water partition coefficient (Wildman–Crippen LogP) is 19.1. The summed E-state index contributed by atoms with van der Waals surface area (Å²) in [6.07, 6.45) is 0. The third-order valence-corrected chi connectivity index (χ3v) is 15.4. The molecule has 0 atom stereocenters. The highest BCUT2D eigenvalue weighted by atomic mass is 15.1. The normalized spacial score (nSPS) is 11.5. The molecule has 0 fully saturated rings. The van der Waals surface area contributed by atoms with Crippen LogP contribution < -0.4 is 0 Å². The van der Waals surface area contributed by atoms with Crippen molar-refractivity contribution >= 4 is 43.4 Å². The molecule has 3 heterocycles. The lowest BCUT2D eigenvalue weighted by Gasteiger charge is -2.19. The summed E-state index contributed by atoms with van der Waals surface area (Å²) in [4.78, 5) is 11.4. The number of hydrogen-bond acceptors (Lipinski definition) is 2. The van der Waals surface area contributed by atoms with Crippen LogP contribution in [0.2, 0.25) is 0 Å². The molecule has 15 aromatic rings. The van der Waals surface area contributed by atoms with Gasteiger partial charge in [-0.1, -0.05) is 237 Å². The SMILES string of the molecule is c1ccc(-c2nc(-c3ccc4c(c3)c3cc(-c5nc(-c6ccccc6)c(-c6ccccc6)n5-c5ccccc5)ccc3n4-c3c4ccccc4c(-c4ccccc4)c4ccccc34)n(-c3ccccc3)c2-c2ccccc2)cc1. The van der Waals surface area contributed by atoms with Gasteiger partial charge in [-0.15, -0.1) is 0 Å². The molecule has 0 saturated carbocycles. The zero-order chi connectivity index (χ0) is 52.2. The van der Waals surface area contributed by atoms with Gasteiger partial charge in [0.1, 0.15) is 11.6 Å². The molecule has 0 unspecified atom stereocenters. The minimum Gasteiger partial charge on any atom is -0.308 e. The van der Waals surface area contributed by atoms with Gasteiger partial charge in [-0.25, -0.2) is 9.97 Å². The number of imidazole rings is 2. The molecule has 15 rings (SSSR count). The van der Waals surface area contributed by atoms with Crippen molar-refractivity contribution < 1.29 is 0 Å². The van der Waals surface area contributed by atoms with Gasteiger partial charge in [0, 0.05) is 66.3 Å². The molecule has 0 spiro atoms. The fraction of sp³-hybridized carbons (Fsp3) is 0. The zero-order valence-electron chi connectivity index (χ0n) is 43.0. The highest BCUT2D eigenvalue weighted by Gasteiger charge is 2.27. The van der Waals surface area contributed by atoms with E-state index in [0.29, 0.717) is 0 Å². The summed E-state index contributed by atoms with van der Waals surface area (Å²) in [6.45, 7) is 0. The molecule has 79 heavy (non-hydrogen) atoms. The number of nitrogens with zero attached hydrogens (tertiary/aromatic N) is 5. The van der Waals surface area contributed by atoms with Gasteiger partial charge in [0.2, 0.25) is 0 Å². The maximum absolute atomic E-state index is 5.70. The number of para-hydroxylation sites is 2. The lowest BCUT2D eigenvalue weighted by molar-refractivity contribution is 1.07. The smallest absolute Gasteiger partial charge is 0.145 e. The average Bonchev–Trinajstić information content (AvgIpc) is 4.43. The summed E-state index contributed by atoms with van der Waals surface area (Å²) >= 11 is 0. The Balaban J connectivity index is 1.06. The van der Waals surface area contributed by atoms with Crippen molar-refractivity contribution in [2.24, 2.45) is 0 Å². The van der Waals surface area contributed by atoms with Gasteiger partial charge in [0.15, 0.2) is 0 Å². The van der Waals surface area contributed by atoms with Crippen molar-refractivity contribution in [1.29, 1.82) is 0 Å². The van der Waals surface area contributed by atoms with Crippen LogP contribution in [0, 0.1) is 0 Å². The van der Waals surface area contributed by atoms with E-state index in [1.807, 2.05) is 0 Å². The molecule has 12 aromatic carbocycles. The zero-order valence-corrected chi connectivity index (χ0v) is 43.0. The Bertz CT molecular complexity index is 4440. The summed E-state index contributed by atoms with van der Waals surface area (Å²) in [7, 11) is 0. The number of rotatable bonds is 10. The molecule has 5 heteroatoms. The summed E-state index contributed by atoms with van der Waals surface area (Å²) < 4.78 is 7.21. The van der Waals surface area contributed by atoms with E-state index in [-0.39, 0.29) is 0 Å². The Morgan fingerprint density at radius 1 is 0.228 bits per heavy atom. The van der Waals surface area contributed by atoms with E-state index in [1.54, 1.807) is 0 Å². The van der Waals surface area contributed by atoms with E-state index in [4.69, 9.17) is 9.97 Å². The summed E-state index contributed by atoms with van der Waals surface area (Å²) in [6, 6.07) is 106. The van der Waals surface area contributed by atoms with E-state index >= 15 is 0 Å². The van der Waals surface area contributed by atoms with Gasteiger partial charge < -0.3 is 4.57 Å². The Labute approximate surface area is 457 Å². The van der Waals surface area contributed by atoms with Gasteiger partial charge in [-0.2, -0.15) is 0 Å². The average molecular weight is 1010 g/mol. The summed E-state index contributed by atoms with van der Waals surface area (Å²) in [5, 5.41) is 6.94. The monoisotopic (exact) mass is 1010 g/mol. The Morgan fingerprint density at radius 2 is 0.544 bits per heavy atom. The van der Waals surface area contributed by atoms with Crippen molar-refractivity contribution in [2.75, 3.05) is 0 Å². The van der Waals surface area contributed by atoms with E-state index in [9.17, 15) is 0 Å². The van der Waals surface area contributed by atoms with Crippen molar-refractivity contribution in [3.63, 3.8) is 0 Å². The molecule has 370 valence electrons. The van der Waals surface area contributed by atoms with Crippen LogP contribution in [-0.4, -0.2) is 23.7 Å². The van der Waals surface area contributed by atoms with E-state index in [2.05, 4.69) is 311 Å². The first-order valence-electron chi connectivity index (χ1n) is 26.9. The number of aromatic nitrogens is 5. The van der Waals surface area contributed by atoms with Gasteiger partial charge in [-0.3, -0.25) is 9.13 Å². The second-order valence-corrected chi connectivity index (χ2v) is 20.1. The van der Waals surface area contributed by atoms with Crippen LogP contribution in [0.1, 0.15) is 0 Å². The number of benzene rings is 12. The Morgan fingerprint density at radius 3 is 0.924 bits per heavy atom. The first-order valence-corrected chi connectivity index (χ1v) is 26.9. The van der Waals surface area contributed by atoms with Crippen molar-refractivity contribution in [3.05, 3.63) is 297 Å². The van der Waals surface area contributed by atoms with Gasteiger partial charge in [-0.05, 0) is 82.6 Å². The molecular weight excluding hydrogens is 959 g/mol. The first-order chi connectivity index (χ1) is 39.2. The second kappa shape index (κ2) is 19.2. The molecular formula is C74H49N5. The van der Waals surface area contributed by atoms with Crippen LogP contribution >= 0.6 is 0 Å². The second-order valence-electron chi connectivity index (χ2n) is 20.1. The fourth-order valence-corrected chi connectivity index (χ4v) is 12.0. The van der Waals surface area contributed by atoms with E-state index in [1.165, 1.54) is 32.7 Å². The van der Waals surface area contributed by atoms with Gasteiger partial charge in [0.05, 0.1) is 39.5 Å². The summed E-state index contributed by atoms with van der Waals surface area (Å²) in [5.41, 5.74) is 18.0. The molecule has 0 N–H and O–H groups in total.